The molecule has 0 saturated heterocycles. The zero-order valence-corrected chi connectivity index (χ0v) is 19.6. The average Bonchev–Trinajstić information content (AvgIpc) is 3.12. The molecule has 156 valence electrons. The third kappa shape index (κ3) is 3.93. The molecule has 29 heavy (non-hydrogen) atoms. The molecule has 3 aromatic rings. The Bertz CT molecular complexity index is 1140. The number of hydrogen-bond donors (Lipinski definition) is 0. The molecule has 3 aromatic heterocycles. The van der Waals surface area contributed by atoms with Gasteiger partial charge in [0, 0.05) is 36.0 Å². The molecule has 1 atom stereocenters. The normalized spacial score (nSPS) is 12.7. The highest BCUT2D eigenvalue weighted by Gasteiger charge is 2.20. The van der Waals surface area contributed by atoms with Crippen molar-refractivity contribution < 1.29 is 9.53 Å². The standard InChI is InChI=1S/C21H27N3O3S2/c1-11-8-16(14(4)24(11)12(2)9-27-7)17(25)10-28-21-22-19-18(20(26)23(21)6)13(3)15(5)29-19/h8,12H,9-10H2,1-7H3. The van der Waals surface area contributed by atoms with Crippen LogP contribution in [0.3, 0.4) is 0 Å². The molecule has 0 amide bonds. The van der Waals surface area contributed by atoms with Gasteiger partial charge in [-0.2, -0.15) is 0 Å². The number of methoxy groups -OCH3 is 1. The van der Waals surface area contributed by atoms with Gasteiger partial charge in [-0.15, -0.1) is 11.3 Å². The zero-order valence-electron chi connectivity index (χ0n) is 18.0. The molecule has 0 spiro atoms. The summed E-state index contributed by atoms with van der Waals surface area (Å²) in [5.41, 5.74) is 3.63. The number of thiophene rings is 1. The molecule has 6 nitrogen and oxygen atoms in total. The van der Waals surface area contributed by atoms with Crippen LogP contribution in [0.15, 0.2) is 16.0 Å². The molecule has 0 bridgehead atoms. The third-order valence-electron chi connectivity index (χ3n) is 5.34. The molecular weight excluding hydrogens is 406 g/mol. The van der Waals surface area contributed by atoms with E-state index in [0.29, 0.717) is 22.7 Å². The summed E-state index contributed by atoms with van der Waals surface area (Å²) < 4.78 is 8.95. The van der Waals surface area contributed by atoms with E-state index >= 15 is 0 Å². The summed E-state index contributed by atoms with van der Waals surface area (Å²) >= 11 is 2.84. The summed E-state index contributed by atoms with van der Waals surface area (Å²) in [6.07, 6.45) is 0. The number of carbonyl (C=O) groups excluding carboxylic acids is 1. The summed E-state index contributed by atoms with van der Waals surface area (Å²) in [5.74, 6) is 0.268. The van der Waals surface area contributed by atoms with Gasteiger partial charge in [-0.1, -0.05) is 11.8 Å². The van der Waals surface area contributed by atoms with Gasteiger partial charge >= 0.3 is 0 Å². The first-order chi connectivity index (χ1) is 13.7. The van der Waals surface area contributed by atoms with E-state index in [1.54, 1.807) is 18.7 Å². The molecule has 0 aromatic carbocycles. The Morgan fingerprint density at radius 1 is 1.31 bits per heavy atom. The van der Waals surface area contributed by atoms with Crippen LogP contribution in [0.2, 0.25) is 0 Å². The number of Topliss-reactive ketones (excluding diaryl/α,β-unsaturated/α-hetero) is 1. The van der Waals surface area contributed by atoms with E-state index in [1.807, 2.05) is 33.8 Å². The van der Waals surface area contributed by atoms with Crippen LogP contribution in [0.25, 0.3) is 10.2 Å². The third-order valence-corrected chi connectivity index (χ3v) is 7.47. The van der Waals surface area contributed by atoms with Crippen LogP contribution < -0.4 is 5.56 Å². The van der Waals surface area contributed by atoms with E-state index in [2.05, 4.69) is 16.5 Å². The predicted octanol–water partition coefficient (Wildman–Crippen LogP) is 4.21. The molecule has 0 aliphatic rings. The van der Waals surface area contributed by atoms with Gasteiger partial charge in [-0.3, -0.25) is 14.2 Å². The topological polar surface area (TPSA) is 66.1 Å². The van der Waals surface area contributed by atoms with E-state index in [0.717, 1.165) is 26.7 Å². The van der Waals surface area contributed by atoms with Crippen LogP contribution in [0.1, 0.15) is 45.2 Å². The van der Waals surface area contributed by atoms with E-state index in [1.165, 1.54) is 23.1 Å². The van der Waals surface area contributed by atoms with Crippen molar-refractivity contribution in [3.05, 3.63) is 43.8 Å². The molecule has 0 aliphatic heterocycles. The van der Waals surface area contributed by atoms with E-state index in [4.69, 9.17) is 4.74 Å². The van der Waals surface area contributed by atoms with Crippen molar-refractivity contribution in [1.82, 2.24) is 14.1 Å². The maximum absolute atomic E-state index is 12.9. The number of nitrogens with zero attached hydrogens (tertiary/aromatic N) is 3. The second kappa shape index (κ2) is 8.45. The Kier molecular flexibility index (Phi) is 6.36. The Morgan fingerprint density at radius 3 is 2.66 bits per heavy atom. The van der Waals surface area contributed by atoms with E-state index < -0.39 is 0 Å². The summed E-state index contributed by atoms with van der Waals surface area (Å²) in [6.45, 7) is 10.6. The first kappa shape index (κ1) is 21.8. The molecular formula is C21H27N3O3S2. The lowest BCUT2D eigenvalue weighted by Gasteiger charge is -2.17. The summed E-state index contributed by atoms with van der Waals surface area (Å²) in [6, 6.07) is 2.09. The van der Waals surface area contributed by atoms with Gasteiger partial charge in [0.25, 0.3) is 5.56 Å². The minimum atomic E-state index is -0.0571. The molecule has 3 heterocycles. The largest absolute Gasteiger partial charge is 0.383 e. The van der Waals surface area contributed by atoms with Crippen molar-refractivity contribution in [2.45, 2.75) is 45.8 Å². The van der Waals surface area contributed by atoms with Gasteiger partial charge in [0.05, 0.1) is 23.8 Å². The number of aromatic nitrogens is 3. The molecule has 0 fully saturated rings. The molecule has 0 N–H and O–H groups in total. The summed E-state index contributed by atoms with van der Waals surface area (Å²) in [4.78, 5) is 32.2. The molecule has 0 saturated carbocycles. The molecule has 8 heteroatoms. The highest BCUT2D eigenvalue weighted by molar-refractivity contribution is 7.99. The monoisotopic (exact) mass is 433 g/mol. The van der Waals surface area contributed by atoms with Crippen molar-refractivity contribution in [2.24, 2.45) is 7.05 Å². The van der Waals surface area contributed by atoms with Crippen molar-refractivity contribution in [1.29, 1.82) is 0 Å². The summed E-state index contributed by atoms with van der Waals surface area (Å²) in [7, 11) is 3.39. The Labute approximate surface area is 178 Å². The number of aryl methyl sites for hydroxylation is 3. The Morgan fingerprint density at radius 2 is 2.00 bits per heavy atom. The number of fused-ring (bicyclic) bond motifs is 1. The van der Waals surface area contributed by atoms with Crippen molar-refractivity contribution in [3.63, 3.8) is 0 Å². The Hall–Kier alpha value is -1.90. The maximum Gasteiger partial charge on any atom is 0.262 e. The zero-order chi connectivity index (χ0) is 21.5. The van der Waals surface area contributed by atoms with Gasteiger partial charge < -0.3 is 9.30 Å². The SMILES string of the molecule is COCC(C)n1c(C)cc(C(=O)CSc2nc3sc(C)c(C)c3c(=O)n2C)c1C. The average molecular weight is 434 g/mol. The number of ether oxygens (including phenoxy) is 1. The lowest BCUT2D eigenvalue weighted by molar-refractivity contribution is 0.102. The summed E-state index contributed by atoms with van der Waals surface area (Å²) in [5, 5.41) is 1.25. The lowest BCUT2D eigenvalue weighted by Crippen LogP contribution is -2.20. The van der Waals surface area contributed by atoms with E-state index in [9.17, 15) is 9.59 Å². The lowest BCUT2D eigenvalue weighted by atomic mass is 10.2. The fourth-order valence-corrected chi connectivity index (χ4v) is 5.67. The fourth-order valence-electron chi connectivity index (χ4n) is 3.75. The molecule has 0 radical (unpaired) electrons. The second-order valence-electron chi connectivity index (χ2n) is 7.39. The number of hydrogen-bond acceptors (Lipinski definition) is 6. The highest BCUT2D eigenvalue weighted by Crippen LogP contribution is 2.29. The molecule has 3 rings (SSSR count). The van der Waals surface area contributed by atoms with Crippen LogP contribution >= 0.6 is 23.1 Å². The van der Waals surface area contributed by atoms with Gasteiger partial charge in [0.2, 0.25) is 0 Å². The first-order valence-electron chi connectivity index (χ1n) is 9.47. The van der Waals surface area contributed by atoms with Gasteiger partial charge in [0.15, 0.2) is 10.9 Å². The van der Waals surface area contributed by atoms with Crippen molar-refractivity contribution in [3.8, 4) is 0 Å². The van der Waals surface area contributed by atoms with Crippen molar-refractivity contribution >= 4 is 39.1 Å². The van der Waals surface area contributed by atoms with Gasteiger partial charge in [-0.05, 0) is 46.2 Å². The molecule has 0 aliphatic carbocycles. The maximum atomic E-state index is 12.9. The number of carbonyl (C=O) groups is 1. The second-order valence-corrected chi connectivity index (χ2v) is 9.54. The van der Waals surface area contributed by atoms with Crippen LogP contribution in [0.5, 0.6) is 0 Å². The van der Waals surface area contributed by atoms with Crippen LogP contribution in [0, 0.1) is 27.7 Å². The first-order valence-corrected chi connectivity index (χ1v) is 11.3. The minimum absolute atomic E-state index is 0.0341. The van der Waals surface area contributed by atoms with E-state index in [-0.39, 0.29) is 23.1 Å². The number of rotatable bonds is 7. The van der Waals surface area contributed by atoms with Crippen LogP contribution in [0.4, 0.5) is 0 Å². The van der Waals surface area contributed by atoms with Crippen molar-refractivity contribution in [2.75, 3.05) is 19.5 Å². The number of ketones is 1. The van der Waals surface area contributed by atoms with Crippen LogP contribution in [-0.2, 0) is 11.8 Å². The quantitative estimate of drug-likeness (QED) is 0.317. The van der Waals surface area contributed by atoms with Crippen LogP contribution in [-0.4, -0.2) is 39.4 Å². The fraction of sp³-hybridized carbons (Fsp3) is 0.476. The van der Waals surface area contributed by atoms with Gasteiger partial charge in [-0.25, -0.2) is 4.98 Å². The highest BCUT2D eigenvalue weighted by atomic mass is 32.2. The smallest absolute Gasteiger partial charge is 0.262 e. The minimum Gasteiger partial charge on any atom is -0.383 e. The van der Waals surface area contributed by atoms with Gasteiger partial charge in [0.1, 0.15) is 4.83 Å². The Balaban J connectivity index is 1.86. The number of thioether (sulfide) groups is 1. The predicted molar refractivity (Wildman–Crippen MR) is 120 cm³/mol. The molecule has 1 unspecified atom stereocenters.